The summed E-state index contributed by atoms with van der Waals surface area (Å²) in [7, 11) is 0. The van der Waals surface area contributed by atoms with Gasteiger partial charge >= 0.3 is 0 Å². The number of carbonyl (C=O) groups excluding carboxylic acids is 2. The highest BCUT2D eigenvalue weighted by molar-refractivity contribution is 7.22. The second-order valence-electron chi connectivity index (χ2n) is 5.88. The summed E-state index contributed by atoms with van der Waals surface area (Å²) in [6.45, 7) is 4.19. The number of thiazole rings is 1. The van der Waals surface area contributed by atoms with Crippen molar-refractivity contribution in [3.63, 3.8) is 0 Å². The van der Waals surface area contributed by atoms with Gasteiger partial charge in [0.1, 0.15) is 5.82 Å². The van der Waals surface area contributed by atoms with Crippen molar-refractivity contribution in [2.24, 2.45) is 0 Å². The molecule has 3 aromatic rings. The Kier molecular flexibility index (Phi) is 4.00. The van der Waals surface area contributed by atoms with E-state index >= 15 is 0 Å². The molecular weight excluding hydrogens is 353 g/mol. The van der Waals surface area contributed by atoms with Gasteiger partial charge < -0.3 is 10.2 Å². The second-order valence-corrected chi connectivity index (χ2v) is 6.91. The van der Waals surface area contributed by atoms with Gasteiger partial charge in [-0.2, -0.15) is 0 Å². The topological polar surface area (TPSA) is 62.3 Å². The Morgan fingerprint density at radius 2 is 2.00 bits per heavy atom. The Bertz CT molecular complexity index is 1020. The van der Waals surface area contributed by atoms with Crippen LogP contribution in [0, 0.1) is 5.82 Å². The van der Waals surface area contributed by atoms with Crippen LogP contribution in [0.2, 0.25) is 0 Å². The maximum Gasteiger partial charge on any atom is 0.258 e. The minimum Gasteiger partial charge on any atom is -0.308 e. The predicted molar refractivity (Wildman–Crippen MR) is 99.3 cm³/mol. The number of aromatic nitrogens is 1. The van der Waals surface area contributed by atoms with Crippen molar-refractivity contribution in [1.82, 2.24) is 9.88 Å². The third-order valence-corrected chi connectivity index (χ3v) is 5.13. The number of benzene rings is 2. The molecule has 5 nitrogen and oxygen atoms in total. The van der Waals surface area contributed by atoms with Gasteiger partial charge in [-0.25, -0.2) is 9.37 Å². The van der Waals surface area contributed by atoms with Crippen LogP contribution in [0.25, 0.3) is 15.9 Å². The number of carbonyl (C=O) groups is 2. The Morgan fingerprint density at radius 1 is 1.23 bits per heavy atom. The molecule has 0 aliphatic carbocycles. The van der Waals surface area contributed by atoms with Crippen LogP contribution in [0.4, 0.5) is 9.52 Å². The van der Waals surface area contributed by atoms with Crippen molar-refractivity contribution >= 4 is 44.2 Å². The van der Waals surface area contributed by atoms with Crippen LogP contribution in [0.1, 0.15) is 22.3 Å². The van der Waals surface area contributed by atoms with Crippen LogP contribution in [0.5, 0.6) is 0 Å². The van der Waals surface area contributed by atoms with E-state index in [9.17, 15) is 14.0 Å². The largest absolute Gasteiger partial charge is 0.308 e. The van der Waals surface area contributed by atoms with Gasteiger partial charge in [-0.1, -0.05) is 36.1 Å². The van der Waals surface area contributed by atoms with E-state index in [2.05, 4.69) is 16.9 Å². The molecule has 1 aliphatic heterocycles. The highest BCUT2D eigenvalue weighted by Gasteiger charge is 2.30. The third kappa shape index (κ3) is 2.86. The van der Waals surface area contributed by atoms with E-state index in [0.29, 0.717) is 26.6 Å². The minimum absolute atomic E-state index is 0.114. The van der Waals surface area contributed by atoms with Crippen LogP contribution >= 0.6 is 11.3 Å². The smallest absolute Gasteiger partial charge is 0.258 e. The number of fused-ring (bicyclic) bond motifs is 2. The fourth-order valence-electron chi connectivity index (χ4n) is 2.92. The molecule has 0 unspecified atom stereocenters. The lowest BCUT2D eigenvalue weighted by Gasteiger charge is -2.16. The van der Waals surface area contributed by atoms with Crippen molar-refractivity contribution < 1.29 is 14.0 Å². The van der Waals surface area contributed by atoms with E-state index < -0.39 is 0 Å². The molecule has 1 N–H and O–H groups in total. The molecule has 7 heteroatoms. The minimum atomic E-state index is -0.343. The van der Waals surface area contributed by atoms with Crippen molar-refractivity contribution in [2.75, 3.05) is 11.9 Å². The summed E-state index contributed by atoms with van der Waals surface area (Å²) >= 11 is 1.21. The predicted octanol–water partition coefficient (Wildman–Crippen LogP) is 3.89. The first-order valence-corrected chi connectivity index (χ1v) is 8.81. The maximum absolute atomic E-state index is 13.2. The van der Waals surface area contributed by atoms with Crippen molar-refractivity contribution in [3.05, 3.63) is 66.0 Å². The standard InChI is InChI=1S/C19H14FN3O2S/c1-11-13-4-2-3-5-14(13)18(25)23(11)9-8-17(24)22-19-21-15-7-6-12(20)10-16(15)26-19/h2-7,10H,1,8-9H2,(H,21,22,24). The fourth-order valence-corrected chi connectivity index (χ4v) is 3.83. The molecule has 2 heterocycles. The molecule has 0 atom stereocenters. The highest BCUT2D eigenvalue weighted by atomic mass is 32.1. The van der Waals surface area contributed by atoms with Gasteiger partial charge in [0.05, 0.1) is 10.2 Å². The average molecular weight is 367 g/mol. The summed E-state index contributed by atoms with van der Waals surface area (Å²) < 4.78 is 13.9. The van der Waals surface area contributed by atoms with Crippen LogP contribution in [-0.4, -0.2) is 28.2 Å². The van der Waals surface area contributed by atoms with Gasteiger partial charge in [-0.3, -0.25) is 9.59 Å². The average Bonchev–Trinajstić information content (AvgIpc) is 3.12. The van der Waals surface area contributed by atoms with E-state index in [0.717, 1.165) is 5.56 Å². The van der Waals surface area contributed by atoms with Crippen molar-refractivity contribution in [1.29, 1.82) is 0 Å². The lowest BCUT2D eigenvalue weighted by Crippen LogP contribution is -2.27. The number of nitrogens with one attached hydrogen (secondary N) is 1. The molecule has 1 aliphatic rings. The second kappa shape index (κ2) is 6.34. The van der Waals surface area contributed by atoms with E-state index in [1.807, 2.05) is 12.1 Å². The molecule has 0 bridgehead atoms. The Labute approximate surface area is 152 Å². The number of anilines is 1. The van der Waals surface area contributed by atoms with E-state index in [4.69, 9.17) is 0 Å². The van der Waals surface area contributed by atoms with Crippen molar-refractivity contribution in [3.8, 4) is 0 Å². The molecule has 130 valence electrons. The van der Waals surface area contributed by atoms with Crippen LogP contribution < -0.4 is 5.32 Å². The summed E-state index contributed by atoms with van der Waals surface area (Å²) in [5.41, 5.74) is 2.64. The monoisotopic (exact) mass is 367 g/mol. The summed E-state index contributed by atoms with van der Waals surface area (Å²) in [5.74, 6) is -0.750. The first-order chi connectivity index (χ1) is 12.5. The Morgan fingerprint density at radius 3 is 2.77 bits per heavy atom. The summed E-state index contributed by atoms with van der Waals surface area (Å²) in [4.78, 5) is 30.4. The molecule has 0 spiro atoms. The van der Waals surface area contributed by atoms with Gasteiger partial charge in [-0.05, 0) is 24.3 Å². The van der Waals surface area contributed by atoms with Gasteiger partial charge in [0, 0.05) is 29.8 Å². The lowest BCUT2D eigenvalue weighted by molar-refractivity contribution is -0.116. The summed E-state index contributed by atoms with van der Waals surface area (Å²) in [5, 5.41) is 3.11. The number of halogens is 1. The van der Waals surface area contributed by atoms with Gasteiger partial charge in [0.25, 0.3) is 5.91 Å². The molecule has 2 aromatic carbocycles. The molecule has 0 radical (unpaired) electrons. The molecule has 0 saturated carbocycles. The van der Waals surface area contributed by atoms with Crippen molar-refractivity contribution in [2.45, 2.75) is 6.42 Å². The quantitative estimate of drug-likeness (QED) is 0.761. The summed E-state index contributed by atoms with van der Waals surface area (Å²) in [6, 6.07) is 11.5. The number of hydrogen-bond acceptors (Lipinski definition) is 4. The number of rotatable bonds is 4. The molecule has 0 fully saturated rings. The molecule has 1 aromatic heterocycles. The van der Waals surface area contributed by atoms with Crippen LogP contribution in [0.3, 0.4) is 0 Å². The first-order valence-electron chi connectivity index (χ1n) is 7.99. The molecule has 26 heavy (non-hydrogen) atoms. The molecular formula is C19H14FN3O2S. The van der Waals surface area contributed by atoms with Gasteiger partial charge in [-0.15, -0.1) is 0 Å². The Hall–Kier alpha value is -3.06. The van der Waals surface area contributed by atoms with E-state index in [-0.39, 0.29) is 30.6 Å². The molecule has 2 amide bonds. The zero-order chi connectivity index (χ0) is 18.3. The zero-order valence-corrected chi connectivity index (χ0v) is 14.5. The van der Waals surface area contributed by atoms with Crippen LogP contribution in [0.15, 0.2) is 49.0 Å². The normalized spacial score (nSPS) is 13.3. The molecule has 4 rings (SSSR count). The number of hydrogen-bond donors (Lipinski definition) is 1. The lowest BCUT2D eigenvalue weighted by atomic mass is 10.1. The SMILES string of the molecule is C=C1c2ccccc2C(=O)N1CCC(=O)Nc1nc2ccc(F)cc2s1. The third-order valence-electron chi connectivity index (χ3n) is 4.20. The highest BCUT2D eigenvalue weighted by Crippen LogP contribution is 2.31. The zero-order valence-electron chi connectivity index (χ0n) is 13.7. The first kappa shape index (κ1) is 16.4. The summed E-state index contributed by atoms with van der Waals surface area (Å²) in [6.07, 6.45) is 0.114. The van der Waals surface area contributed by atoms with E-state index in [1.165, 1.54) is 28.4 Å². The Balaban J connectivity index is 1.41. The van der Waals surface area contributed by atoms with Gasteiger partial charge in [0.15, 0.2) is 5.13 Å². The van der Waals surface area contributed by atoms with Gasteiger partial charge in [0.2, 0.25) is 5.91 Å². The maximum atomic E-state index is 13.2. The molecule has 0 saturated heterocycles. The number of amides is 2. The number of nitrogens with zero attached hydrogens (tertiary/aromatic N) is 2. The fraction of sp³-hybridized carbons (Fsp3) is 0.105. The van der Waals surface area contributed by atoms with Crippen LogP contribution in [-0.2, 0) is 4.79 Å². The van der Waals surface area contributed by atoms with E-state index in [1.54, 1.807) is 18.2 Å².